The predicted molar refractivity (Wildman–Crippen MR) is 138 cm³/mol. The number of benzene rings is 2. The zero-order chi connectivity index (χ0) is 24.9. The Morgan fingerprint density at radius 3 is 2.38 bits per heavy atom. The Hall–Kier alpha value is -3.03. The van der Waals surface area contributed by atoms with E-state index in [-0.39, 0.29) is 22.9 Å². The molecular formula is C25H29Cl2N5O2. The summed E-state index contributed by atoms with van der Waals surface area (Å²) in [6.45, 7) is 8.37. The van der Waals surface area contributed by atoms with Gasteiger partial charge in [0, 0.05) is 18.0 Å². The van der Waals surface area contributed by atoms with Crippen molar-refractivity contribution in [2.24, 2.45) is 0 Å². The molecule has 7 nitrogen and oxygen atoms in total. The average Bonchev–Trinajstić information content (AvgIpc) is 3.21. The number of aromatic nitrogens is 2. The third-order valence-electron chi connectivity index (χ3n) is 5.05. The molecule has 3 aromatic rings. The van der Waals surface area contributed by atoms with Crippen molar-refractivity contribution in [1.82, 2.24) is 14.7 Å². The van der Waals surface area contributed by atoms with Crippen LogP contribution in [0.3, 0.4) is 0 Å². The van der Waals surface area contributed by atoms with E-state index < -0.39 is 6.03 Å². The van der Waals surface area contributed by atoms with Crippen molar-refractivity contribution in [1.29, 1.82) is 0 Å². The van der Waals surface area contributed by atoms with E-state index in [1.54, 1.807) is 22.9 Å². The number of hydrogen-bond donors (Lipinski definition) is 2. The molecule has 34 heavy (non-hydrogen) atoms. The number of hydrogen-bond acceptors (Lipinski definition) is 3. The summed E-state index contributed by atoms with van der Waals surface area (Å²) in [6.07, 6.45) is 0.681. The Morgan fingerprint density at radius 2 is 1.74 bits per heavy atom. The minimum absolute atomic E-state index is 0.136. The highest BCUT2D eigenvalue weighted by Crippen LogP contribution is 2.30. The molecule has 0 fully saturated rings. The molecule has 1 heterocycles. The molecule has 0 saturated carbocycles. The topological polar surface area (TPSA) is 79.3 Å². The van der Waals surface area contributed by atoms with Crippen molar-refractivity contribution >= 4 is 46.6 Å². The molecule has 2 aromatic carbocycles. The first-order valence-electron chi connectivity index (χ1n) is 11.1. The Kier molecular flexibility index (Phi) is 8.23. The third kappa shape index (κ3) is 6.30. The highest BCUT2D eigenvalue weighted by atomic mass is 35.5. The van der Waals surface area contributed by atoms with Crippen molar-refractivity contribution in [3.8, 4) is 5.69 Å². The van der Waals surface area contributed by atoms with E-state index in [0.29, 0.717) is 29.5 Å². The molecule has 9 heteroatoms. The van der Waals surface area contributed by atoms with Crippen LogP contribution in [-0.4, -0.2) is 39.7 Å². The van der Waals surface area contributed by atoms with Gasteiger partial charge in [-0.1, -0.05) is 75.2 Å². The summed E-state index contributed by atoms with van der Waals surface area (Å²) in [7, 11) is 0. The van der Waals surface area contributed by atoms with Crippen molar-refractivity contribution in [2.75, 3.05) is 23.7 Å². The van der Waals surface area contributed by atoms with Crippen LogP contribution in [0.15, 0.2) is 54.6 Å². The largest absolute Gasteiger partial charge is 0.322 e. The van der Waals surface area contributed by atoms with Gasteiger partial charge in [0.2, 0.25) is 5.91 Å². The van der Waals surface area contributed by atoms with Crippen LogP contribution >= 0.6 is 23.2 Å². The third-order valence-corrected chi connectivity index (χ3v) is 5.87. The van der Waals surface area contributed by atoms with Crippen LogP contribution in [0.1, 0.15) is 39.8 Å². The maximum absolute atomic E-state index is 13.0. The van der Waals surface area contributed by atoms with Gasteiger partial charge in [-0.2, -0.15) is 5.10 Å². The summed E-state index contributed by atoms with van der Waals surface area (Å²) in [5, 5.41) is 11.0. The number of amides is 3. The number of urea groups is 1. The Labute approximate surface area is 210 Å². The summed E-state index contributed by atoms with van der Waals surface area (Å²) in [4.78, 5) is 27.3. The molecule has 3 rings (SSSR count). The molecule has 0 radical (unpaired) electrons. The number of anilines is 2. The molecule has 0 aliphatic carbocycles. The molecule has 3 amide bonds. The summed E-state index contributed by atoms with van der Waals surface area (Å²) in [6, 6.07) is 16.0. The van der Waals surface area contributed by atoms with E-state index in [2.05, 4.69) is 31.4 Å². The van der Waals surface area contributed by atoms with Gasteiger partial charge < -0.3 is 15.5 Å². The zero-order valence-corrected chi connectivity index (χ0v) is 21.2. The fourth-order valence-corrected chi connectivity index (χ4v) is 3.62. The van der Waals surface area contributed by atoms with E-state index in [9.17, 15) is 9.59 Å². The molecule has 2 N–H and O–H groups in total. The monoisotopic (exact) mass is 501 g/mol. The minimum atomic E-state index is -0.437. The van der Waals surface area contributed by atoms with Crippen LogP contribution in [0.2, 0.25) is 10.0 Å². The molecule has 180 valence electrons. The van der Waals surface area contributed by atoms with Gasteiger partial charge >= 0.3 is 6.03 Å². The number of nitrogens with zero attached hydrogens (tertiary/aromatic N) is 3. The number of nitrogens with one attached hydrogen (secondary N) is 2. The summed E-state index contributed by atoms with van der Waals surface area (Å²) in [5.74, 6) is 0.203. The van der Waals surface area contributed by atoms with Gasteiger partial charge in [-0.15, -0.1) is 0 Å². The number of rotatable bonds is 7. The molecule has 0 aliphatic rings. The lowest BCUT2D eigenvalue weighted by molar-refractivity contribution is -0.116. The van der Waals surface area contributed by atoms with Crippen LogP contribution < -0.4 is 10.6 Å². The van der Waals surface area contributed by atoms with Gasteiger partial charge in [0.1, 0.15) is 12.4 Å². The molecule has 0 spiro atoms. The van der Waals surface area contributed by atoms with Gasteiger partial charge in [-0.25, -0.2) is 9.48 Å². The van der Waals surface area contributed by atoms with Crippen molar-refractivity contribution < 1.29 is 9.59 Å². The number of halogens is 2. The fraction of sp³-hybridized carbons (Fsp3) is 0.320. The van der Waals surface area contributed by atoms with Crippen LogP contribution in [0.25, 0.3) is 5.69 Å². The second-order valence-electron chi connectivity index (χ2n) is 8.91. The first-order chi connectivity index (χ1) is 16.1. The van der Waals surface area contributed by atoms with E-state index >= 15 is 0 Å². The highest BCUT2D eigenvalue weighted by Gasteiger charge is 2.23. The van der Waals surface area contributed by atoms with Crippen LogP contribution in [0.5, 0.6) is 0 Å². The molecule has 0 saturated heterocycles. The standard InChI is InChI=1S/C25H29Cl2N5O2/c1-5-14-31(24(34)28-19-13-9-12-18(26)23(19)27)16-22(33)29-21-15-20(25(2,3)4)30-32(21)17-10-7-6-8-11-17/h6-13,15H,5,14,16H2,1-4H3,(H,28,34)(H,29,33). The molecule has 0 atom stereocenters. The number of carbonyl (C=O) groups excluding carboxylic acids is 2. The van der Waals surface area contributed by atoms with Gasteiger partial charge in [-0.05, 0) is 30.7 Å². The quantitative estimate of drug-likeness (QED) is 0.395. The van der Waals surface area contributed by atoms with Crippen LogP contribution in [0.4, 0.5) is 16.3 Å². The number of carbonyl (C=O) groups is 2. The Morgan fingerprint density at radius 1 is 1.03 bits per heavy atom. The fourth-order valence-electron chi connectivity index (χ4n) is 3.28. The first kappa shape index (κ1) is 25.6. The lowest BCUT2D eigenvalue weighted by Gasteiger charge is -2.22. The minimum Gasteiger partial charge on any atom is -0.315 e. The van der Waals surface area contributed by atoms with Crippen LogP contribution in [0, 0.1) is 0 Å². The maximum atomic E-state index is 13.0. The summed E-state index contributed by atoms with van der Waals surface area (Å²) >= 11 is 12.2. The van der Waals surface area contributed by atoms with Gasteiger partial charge in [0.05, 0.1) is 27.1 Å². The van der Waals surface area contributed by atoms with Crippen molar-refractivity contribution in [2.45, 2.75) is 39.5 Å². The van der Waals surface area contributed by atoms with E-state index in [1.165, 1.54) is 4.90 Å². The summed E-state index contributed by atoms with van der Waals surface area (Å²) < 4.78 is 1.70. The zero-order valence-electron chi connectivity index (χ0n) is 19.7. The second-order valence-corrected chi connectivity index (χ2v) is 9.70. The van der Waals surface area contributed by atoms with E-state index in [1.807, 2.05) is 43.3 Å². The molecular weight excluding hydrogens is 473 g/mol. The molecule has 0 unspecified atom stereocenters. The van der Waals surface area contributed by atoms with Gasteiger partial charge in [0.15, 0.2) is 0 Å². The summed E-state index contributed by atoms with van der Waals surface area (Å²) in [5.41, 5.74) is 1.85. The number of para-hydroxylation sites is 1. The van der Waals surface area contributed by atoms with E-state index in [4.69, 9.17) is 28.3 Å². The second kappa shape index (κ2) is 10.9. The SMILES string of the molecule is CCCN(CC(=O)Nc1cc(C(C)(C)C)nn1-c1ccccc1)C(=O)Nc1cccc(Cl)c1Cl. The molecule has 0 aliphatic heterocycles. The smallest absolute Gasteiger partial charge is 0.315 e. The maximum Gasteiger partial charge on any atom is 0.322 e. The van der Waals surface area contributed by atoms with Crippen molar-refractivity contribution in [3.63, 3.8) is 0 Å². The molecule has 1 aromatic heterocycles. The van der Waals surface area contributed by atoms with Crippen LogP contribution in [-0.2, 0) is 10.2 Å². The highest BCUT2D eigenvalue weighted by molar-refractivity contribution is 6.43. The van der Waals surface area contributed by atoms with Gasteiger partial charge in [0.25, 0.3) is 0 Å². The first-order valence-corrected chi connectivity index (χ1v) is 11.8. The van der Waals surface area contributed by atoms with Crippen molar-refractivity contribution in [3.05, 3.63) is 70.3 Å². The Bertz CT molecular complexity index is 1160. The lowest BCUT2D eigenvalue weighted by Crippen LogP contribution is -2.41. The van der Waals surface area contributed by atoms with Gasteiger partial charge in [-0.3, -0.25) is 4.79 Å². The van der Waals surface area contributed by atoms with E-state index in [0.717, 1.165) is 11.4 Å². The lowest BCUT2D eigenvalue weighted by atomic mass is 9.92. The normalized spacial score (nSPS) is 11.2. The predicted octanol–water partition coefficient (Wildman–Crippen LogP) is 6.36. The molecule has 0 bridgehead atoms. The Balaban J connectivity index is 1.79. The average molecular weight is 502 g/mol.